The molecule has 0 radical (unpaired) electrons. The SMILES string of the molecule is CCN(C1CCC(N)CC1)C1CSCCC1(C)C. The topological polar surface area (TPSA) is 29.3 Å². The molecule has 0 bridgehead atoms. The lowest BCUT2D eigenvalue weighted by atomic mass is 9.79. The van der Waals surface area contributed by atoms with E-state index in [0.717, 1.165) is 12.1 Å². The van der Waals surface area contributed by atoms with Crippen LogP contribution in [0, 0.1) is 5.41 Å². The van der Waals surface area contributed by atoms with E-state index in [9.17, 15) is 0 Å². The smallest absolute Gasteiger partial charge is 0.0240 e. The fourth-order valence-corrected chi connectivity index (χ4v) is 5.34. The van der Waals surface area contributed by atoms with Crippen LogP contribution in [-0.2, 0) is 0 Å². The number of hydrogen-bond acceptors (Lipinski definition) is 3. The lowest BCUT2D eigenvalue weighted by Gasteiger charge is -2.49. The molecule has 0 aromatic rings. The molecule has 0 amide bonds. The van der Waals surface area contributed by atoms with E-state index < -0.39 is 0 Å². The second-order valence-corrected chi connectivity index (χ2v) is 7.88. The maximum atomic E-state index is 6.05. The first-order chi connectivity index (χ1) is 8.54. The molecule has 2 fully saturated rings. The third-order valence-corrected chi connectivity index (χ3v) is 6.09. The molecule has 106 valence electrons. The highest BCUT2D eigenvalue weighted by atomic mass is 32.2. The second-order valence-electron chi connectivity index (χ2n) is 6.73. The summed E-state index contributed by atoms with van der Waals surface area (Å²) in [6.45, 7) is 8.47. The predicted octanol–water partition coefficient (Wildman–Crippen LogP) is 3.11. The van der Waals surface area contributed by atoms with Crippen molar-refractivity contribution in [2.45, 2.75) is 71.0 Å². The van der Waals surface area contributed by atoms with E-state index in [2.05, 4.69) is 37.4 Å². The van der Waals surface area contributed by atoms with Crippen molar-refractivity contribution >= 4 is 11.8 Å². The molecule has 2 rings (SSSR count). The Morgan fingerprint density at radius 3 is 2.44 bits per heavy atom. The van der Waals surface area contributed by atoms with E-state index >= 15 is 0 Å². The number of nitrogens with zero attached hydrogens (tertiary/aromatic N) is 1. The molecule has 3 heteroatoms. The van der Waals surface area contributed by atoms with Crippen molar-refractivity contribution in [3.05, 3.63) is 0 Å². The zero-order valence-electron chi connectivity index (χ0n) is 12.3. The van der Waals surface area contributed by atoms with Gasteiger partial charge in [-0.2, -0.15) is 11.8 Å². The van der Waals surface area contributed by atoms with Gasteiger partial charge in [-0.1, -0.05) is 20.8 Å². The molecule has 1 saturated heterocycles. The normalized spacial score (nSPS) is 36.8. The first-order valence-corrected chi connectivity index (χ1v) is 8.79. The number of hydrogen-bond donors (Lipinski definition) is 1. The summed E-state index contributed by atoms with van der Waals surface area (Å²) in [7, 11) is 0. The van der Waals surface area contributed by atoms with Gasteiger partial charge in [0.15, 0.2) is 0 Å². The summed E-state index contributed by atoms with van der Waals surface area (Å²) in [6, 6.07) is 2.02. The van der Waals surface area contributed by atoms with Crippen LogP contribution >= 0.6 is 11.8 Å². The van der Waals surface area contributed by atoms with Gasteiger partial charge in [-0.3, -0.25) is 4.90 Å². The highest BCUT2D eigenvalue weighted by Crippen LogP contribution is 2.39. The quantitative estimate of drug-likeness (QED) is 0.854. The Labute approximate surface area is 117 Å². The van der Waals surface area contributed by atoms with Crippen molar-refractivity contribution in [1.29, 1.82) is 0 Å². The van der Waals surface area contributed by atoms with Crippen LogP contribution in [0.2, 0.25) is 0 Å². The summed E-state index contributed by atoms with van der Waals surface area (Å²) in [6.07, 6.45) is 6.44. The van der Waals surface area contributed by atoms with Crippen LogP contribution in [0.4, 0.5) is 0 Å². The fraction of sp³-hybridized carbons (Fsp3) is 1.00. The van der Waals surface area contributed by atoms with Crippen molar-refractivity contribution < 1.29 is 0 Å². The number of rotatable bonds is 3. The molecule has 0 aromatic heterocycles. The minimum absolute atomic E-state index is 0.466. The van der Waals surface area contributed by atoms with E-state index in [1.807, 2.05) is 0 Å². The van der Waals surface area contributed by atoms with Crippen molar-refractivity contribution in [3.63, 3.8) is 0 Å². The van der Waals surface area contributed by atoms with Gasteiger partial charge in [-0.15, -0.1) is 0 Å². The van der Waals surface area contributed by atoms with E-state index in [1.54, 1.807) is 0 Å². The van der Waals surface area contributed by atoms with Crippen LogP contribution in [0.25, 0.3) is 0 Å². The maximum Gasteiger partial charge on any atom is 0.0240 e. The summed E-state index contributed by atoms with van der Waals surface area (Å²) in [5.74, 6) is 2.67. The summed E-state index contributed by atoms with van der Waals surface area (Å²) in [5.41, 5.74) is 6.53. The maximum absolute atomic E-state index is 6.05. The van der Waals surface area contributed by atoms with Gasteiger partial charge in [0.2, 0.25) is 0 Å². The van der Waals surface area contributed by atoms with Gasteiger partial charge in [0.1, 0.15) is 0 Å². The van der Waals surface area contributed by atoms with Crippen molar-refractivity contribution in [1.82, 2.24) is 4.90 Å². The molecule has 2 nitrogen and oxygen atoms in total. The van der Waals surface area contributed by atoms with Crippen molar-refractivity contribution in [2.24, 2.45) is 11.1 Å². The molecule has 1 atom stereocenters. The average Bonchev–Trinajstić information content (AvgIpc) is 2.34. The summed E-state index contributed by atoms with van der Waals surface area (Å²) in [4.78, 5) is 2.80. The van der Waals surface area contributed by atoms with E-state index in [4.69, 9.17) is 5.73 Å². The van der Waals surface area contributed by atoms with Gasteiger partial charge in [0, 0.05) is 23.9 Å². The zero-order valence-corrected chi connectivity index (χ0v) is 13.1. The fourth-order valence-electron chi connectivity index (χ4n) is 3.63. The molecule has 1 saturated carbocycles. The molecule has 0 spiro atoms. The standard InChI is InChI=1S/C15H30N2S/c1-4-17(13-7-5-12(16)6-8-13)14-11-18-10-9-15(14,2)3/h12-14H,4-11,16H2,1-3H3. The van der Waals surface area contributed by atoms with Crippen LogP contribution in [0.3, 0.4) is 0 Å². The highest BCUT2D eigenvalue weighted by Gasteiger charge is 2.39. The Morgan fingerprint density at radius 2 is 1.89 bits per heavy atom. The molecule has 1 unspecified atom stereocenters. The van der Waals surface area contributed by atoms with Gasteiger partial charge in [-0.25, -0.2) is 0 Å². The van der Waals surface area contributed by atoms with Crippen molar-refractivity contribution in [2.75, 3.05) is 18.1 Å². The van der Waals surface area contributed by atoms with Crippen LogP contribution in [0.1, 0.15) is 52.9 Å². The Morgan fingerprint density at radius 1 is 1.22 bits per heavy atom. The van der Waals surface area contributed by atoms with Gasteiger partial charge >= 0.3 is 0 Å². The van der Waals surface area contributed by atoms with Gasteiger partial charge in [0.05, 0.1) is 0 Å². The Hall–Kier alpha value is 0.270. The largest absolute Gasteiger partial charge is 0.328 e. The van der Waals surface area contributed by atoms with E-state index in [-0.39, 0.29) is 0 Å². The summed E-state index contributed by atoms with van der Waals surface area (Å²) < 4.78 is 0. The van der Waals surface area contributed by atoms with Crippen LogP contribution < -0.4 is 5.73 Å². The number of thioether (sulfide) groups is 1. The monoisotopic (exact) mass is 270 g/mol. The highest BCUT2D eigenvalue weighted by molar-refractivity contribution is 7.99. The van der Waals surface area contributed by atoms with E-state index in [0.29, 0.717) is 11.5 Å². The van der Waals surface area contributed by atoms with Crippen LogP contribution in [0.15, 0.2) is 0 Å². The molecule has 18 heavy (non-hydrogen) atoms. The molecule has 2 aliphatic rings. The van der Waals surface area contributed by atoms with Gasteiger partial charge < -0.3 is 5.73 Å². The van der Waals surface area contributed by atoms with Gasteiger partial charge in [-0.05, 0) is 49.8 Å². The van der Waals surface area contributed by atoms with Crippen molar-refractivity contribution in [3.8, 4) is 0 Å². The molecule has 2 N–H and O–H groups in total. The summed E-state index contributed by atoms with van der Waals surface area (Å²) in [5, 5.41) is 0. The second kappa shape index (κ2) is 6.15. The first kappa shape index (κ1) is 14.7. The molecule has 1 aliphatic carbocycles. The predicted molar refractivity (Wildman–Crippen MR) is 82.1 cm³/mol. The molecular weight excluding hydrogens is 240 g/mol. The third-order valence-electron chi connectivity index (χ3n) is 5.04. The first-order valence-electron chi connectivity index (χ1n) is 7.63. The number of nitrogens with two attached hydrogens (primary N) is 1. The Balaban J connectivity index is 2.03. The Kier molecular flexibility index (Phi) is 5.01. The minimum atomic E-state index is 0.466. The summed E-state index contributed by atoms with van der Waals surface area (Å²) >= 11 is 2.15. The van der Waals surface area contributed by atoms with Gasteiger partial charge in [0.25, 0.3) is 0 Å². The zero-order chi connectivity index (χ0) is 13.2. The van der Waals surface area contributed by atoms with Crippen LogP contribution in [-0.4, -0.2) is 41.1 Å². The average molecular weight is 270 g/mol. The lowest BCUT2D eigenvalue weighted by Crippen LogP contribution is -2.54. The van der Waals surface area contributed by atoms with E-state index in [1.165, 1.54) is 50.2 Å². The Bertz CT molecular complexity index is 259. The third kappa shape index (κ3) is 3.23. The lowest BCUT2D eigenvalue weighted by molar-refractivity contribution is 0.0448. The molecular formula is C15H30N2S. The van der Waals surface area contributed by atoms with Crippen LogP contribution in [0.5, 0.6) is 0 Å². The molecule has 1 aliphatic heterocycles. The molecule has 0 aromatic carbocycles. The molecule has 1 heterocycles. The minimum Gasteiger partial charge on any atom is -0.328 e.